The third-order valence-electron chi connectivity index (χ3n) is 7.25. The van der Waals surface area contributed by atoms with E-state index in [0.717, 1.165) is 58.1 Å². The van der Waals surface area contributed by atoms with Crippen molar-refractivity contribution in [1.82, 2.24) is 4.57 Å². The zero-order valence-corrected chi connectivity index (χ0v) is 28.7. The van der Waals surface area contributed by atoms with Gasteiger partial charge in [-0.05, 0) is 65.9 Å². The Hall–Kier alpha value is -2.65. The molecule has 0 saturated heterocycles. The van der Waals surface area contributed by atoms with E-state index in [1.165, 1.54) is 0 Å². The maximum atomic E-state index is 6.42. The second-order valence-electron chi connectivity index (χ2n) is 10.1. The van der Waals surface area contributed by atoms with Gasteiger partial charge in [-0.15, -0.1) is 28.3 Å². The van der Waals surface area contributed by atoms with Gasteiger partial charge >= 0.3 is 0 Å². The minimum Gasteiger partial charge on any atom is -0.493 e. The Balaban J connectivity index is 0.00000484. The molecule has 0 bridgehead atoms. The van der Waals surface area contributed by atoms with Gasteiger partial charge in [-0.2, -0.15) is 0 Å². The minimum absolute atomic E-state index is 0. The molecule has 10 heteroatoms. The van der Waals surface area contributed by atoms with Crippen LogP contribution in [0.1, 0.15) is 36.2 Å². The zero-order chi connectivity index (χ0) is 29.6. The van der Waals surface area contributed by atoms with Crippen LogP contribution in [0.5, 0.6) is 23.0 Å². The van der Waals surface area contributed by atoms with Gasteiger partial charge in [0.05, 0.1) is 38.5 Å². The van der Waals surface area contributed by atoms with E-state index < -0.39 is 0 Å². The first kappa shape index (κ1) is 33.8. The standard InChI is InChI=1S/C32H36Cl2N2O4S.BrH/c1-32(2,23-9-10-24(33)25(34)19-23)30-20-41-31(35-15-13-21-7-11-26(37-3)28(17-21)39-5)36(30)16-14-22-8-12-27(38-4)29(18-22)40-6;/h7-12,17-20H,13-16H2,1-6H3;1H/b35-31+;. The van der Waals surface area contributed by atoms with Gasteiger partial charge in [0.25, 0.3) is 0 Å². The fraction of sp³-hybridized carbons (Fsp3) is 0.344. The van der Waals surface area contributed by atoms with E-state index in [9.17, 15) is 0 Å². The Kier molecular flexibility index (Phi) is 12.2. The Bertz CT molecular complexity index is 1570. The predicted octanol–water partition coefficient (Wildman–Crippen LogP) is 8.18. The fourth-order valence-electron chi connectivity index (χ4n) is 4.79. The molecule has 1 aromatic heterocycles. The number of aryl methyl sites for hydroxylation is 1. The largest absolute Gasteiger partial charge is 0.493 e. The first-order valence-corrected chi connectivity index (χ1v) is 14.9. The molecule has 0 saturated carbocycles. The molecule has 0 aliphatic rings. The summed E-state index contributed by atoms with van der Waals surface area (Å²) in [5.74, 6) is 2.87. The molecule has 0 N–H and O–H groups in total. The number of benzene rings is 3. The molecule has 0 aliphatic carbocycles. The number of ether oxygens (including phenoxy) is 4. The highest BCUT2D eigenvalue weighted by atomic mass is 79.9. The Morgan fingerprint density at radius 3 is 1.86 bits per heavy atom. The summed E-state index contributed by atoms with van der Waals surface area (Å²) >= 11 is 14.3. The quantitative estimate of drug-likeness (QED) is 0.150. The van der Waals surface area contributed by atoms with E-state index in [-0.39, 0.29) is 22.4 Å². The van der Waals surface area contributed by atoms with E-state index in [2.05, 4.69) is 35.9 Å². The Labute approximate surface area is 272 Å². The summed E-state index contributed by atoms with van der Waals surface area (Å²) in [7, 11) is 6.59. The molecule has 0 spiro atoms. The molecule has 4 rings (SSSR count). The lowest BCUT2D eigenvalue weighted by Crippen LogP contribution is -2.28. The second-order valence-corrected chi connectivity index (χ2v) is 11.7. The molecule has 0 atom stereocenters. The lowest BCUT2D eigenvalue weighted by atomic mass is 9.82. The second kappa shape index (κ2) is 15.2. The number of thiazole rings is 1. The van der Waals surface area contributed by atoms with Gasteiger partial charge < -0.3 is 23.5 Å². The first-order chi connectivity index (χ1) is 19.7. The molecule has 3 aromatic carbocycles. The van der Waals surface area contributed by atoms with E-state index in [1.54, 1.807) is 39.8 Å². The van der Waals surface area contributed by atoms with Gasteiger partial charge in [-0.1, -0.05) is 55.2 Å². The molecule has 0 radical (unpaired) electrons. The zero-order valence-electron chi connectivity index (χ0n) is 24.7. The topological polar surface area (TPSA) is 54.2 Å². The molecular formula is C32H37BrCl2N2O4S. The highest BCUT2D eigenvalue weighted by Crippen LogP contribution is 2.36. The summed E-state index contributed by atoms with van der Waals surface area (Å²) in [4.78, 5) is 6.02. The summed E-state index contributed by atoms with van der Waals surface area (Å²) in [6, 6.07) is 17.9. The molecule has 226 valence electrons. The molecular weight excluding hydrogens is 659 g/mol. The lowest BCUT2D eigenvalue weighted by Gasteiger charge is -2.27. The fourth-order valence-corrected chi connectivity index (χ4v) is 6.21. The van der Waals surface area contributed by atoms with Crippen molar-refractivity contribution in [1.29, 1.82) is 0 Å². The van der Waals surface area contributed by atoms with Gasteiger partial charge in [0.15, 0.2) is 27.8 Å². The highest BCUT2D eigenvalue weighted by molar-refractivity contribution is 8.93. The minimum atomic E-state index is -0.334. The van der Waals surface area contributed by atoms with Crippen molar-refractivity contribution in [2.45, 2.75) is 38.6 Å². The molecule has 0 aliphatic heterocycles. The van der Waals surface area contributed by atoms with Crippen LogP contribution < -0.4 is 23.7 Å². The van der Waals surface area contributed by atoms with Crippen molar-refractivity contribution in [3.8, 4) is 23.0 Å². The summed E-state index contributed by atoms with van der Waals surface area (Å²) in [5, 5.41) is 3.29. The third kappa shape index (κ3) is 7.64. The van der Waals surface area contributed by atoms with Crippen LogP contribution in [0.15, 0.2) is 65.0 Å². The molecule has 42 heavy (non-hydrogen) atoms. The number of nitrogens with zero attached hydrogens (tertiary/aromatic N) is 2. The monoisotopic (exact) mass is 694 g/mol. The van der Waals surface area contributed by atoms with Crippen LogP contribution in [0.2, 0.25) is 10.0 Å². The van der Waals surface area contributed by atoms with Gasteiger partial charge in [-0.25, -0.2) is 0 Å². The molecule has 4 aromatic rings. The lowest BCUT2D eigenvalue weighted by molar-refractivity contribution is 0.354. The van der Waals surface area contributed by atoms with Crippen LogP contribution in [-0.2, 0) is 24.8 Å². The van der Waals surface area contributed by atoms with Crippen LogP contribution in [0, 0.1) is 0 Å². The van der Waals surface area contributed by atoms with Gasteiger partial charge in [0.2, 0.25) is 0 Å². The van der Waals surface area contributed by atoms with Gasteiger partial charge in [0.1, 0.15) is 0 Å². The van der Waals surface area contributed by atoms with Crippen molar-refractivity contribution in [2.24, 2.45) is 4.99 Å². The summed E-state index contributed by atoms with van der Waals surface area (Å²) in [5.41, 5.74) is 4.19. The average Bonchev–Trinajstić information content (AvgIpc) is 3.40. The summed E-state index contributed by atoms with van der Waals surface area (Å²) in [6.07, 6.45) is 1.57. The number of hydrogen-bond acceptors (Lipinski definition) is 6. The van der Waals surface area contributed by atoms with Crippen molar-refractivity contribution in [2.75, 3.05) is 35.0 Å². The van der Waals surface area contributed by atoms with Crippen molar-refractivity contribution in [3.63, 3.8) is 0 Å². The SMILES string of the molecule is Br.COc1ccc(CC/N=c2/scc(C(C)(C)c3ccc(Cl)c(Cl)c3)n2CCc2ccc(OC)c(OC)c2)cc1OC. The molecule has 0 amide bonds. The van der Waals surface area contributed by atoms with Gasteiger partial charge in [-0.3, -0.25) is 4.99 Å². The van der Waals surface area contributed by atoms with Gasteiger partial charge in [0, 0.05) is 29.6 Å². The maximum absolute atomic E-state index is 6.42. The summed E-state index contributed by atoms with van der Waals surface area (Å²) in [6.45, 7) is 5.79. The highest BCUT2D eigenvalue weighted by Gasteiger charge is 2.28. The Morgan fingerprint density at radius 2 is 1.31 bits per heavy atom. The van der Waals surface area contributed by atoms with Crippen LogP contribution in [0.3, 0.4) is 0 Å². The van der Waals surface area contributed by atoms with Crippen molar-refractivity contribution < 1.29 is 18.9 Å². The first-order valence-electron chi connectivity index (χ1n) is 13.3. The van der Waals surface area contributed by atoms with E-state index in [4.69, 9.17) is 47.1 Å². The molecule has 0 fully saturated rings. The van der Waals surface area contributed by atoms with E-state index >= 15 is 0 Å². The van der Waals surface area contributed by atoms with E-state index in [1.807, 2.05) is 42.5 Å². The average molecular weight is 697 g/mol. The van der Waals surface area contributed by atoms with E-state index in [0.29, 0.717) is 28.1 Å². The number of hydrogen-bond donors (Lipinski definition) is 0. The van der Waals surface area contributed by atoms with Crippen LogP contribution in [0.4, 0.5) is 0 Å². The Morgan fingerprint density at radius 1 is 0.738 bits per heavy atom. The van der Waals surface area contributed by atoms with Crippen LogP contribution in [0.25, 0.3) is 0 Å². The van der Waals surface area contributed by atoms with Crippen molar-refractivity contribution in [3.05, 3.63) is 97.2 Å². The molecule has 0 unspecified atom stereocenters. The number of aromatic nitrogens is 1. The van der Waals surface area contributed by atoms with Crippen molar-refractivity contribution >= 4 is 51.5 Å². The van der Waals surface area contributed by atoms with Crippen LogP contribution >= 0.6 is 51.5 Å². The predicted molar refractivity (Wildman–Crippen MR) is 178 cm³/mol. The maximum Gasteiger partial charge on any atom is 0.184 e. The molecule has 6 nitrogen and oxygen atoms in total. The summed E-state index contributed by atoms with van der Waals surface area (Å²) < 4.78 is 24.1. The third-order valence-corrected chi connectivity index (χ3v) is 8.89. The number of methoxy groups -OCH3 is 4. The normalized spacial score (nSPS) is 11.7. The van der Waals surface area contributed by atoms with Crippen LogP contribution in [-0.4, -0.2) is 39.6 Å². The number of rotatable bonds is 12. The molecule has 1 heterocycles. The smallest absolute Gasteiger partial charge is 0.184 e. The number of halogens is 3.